The predicted octanol–water partition coefficient (Wildman–Crippen LogP) is 1.81. The molecule has 0 atom stereocenters. The van der Waals surface area contributed by atoms with Gasteiger partial charge in [0.2, 0.25) is 6.79 Å². The summed E-state index contributed by atoms with van der Waals surface area (Å²) in [6.07, 6.45) is 1.11. The highest BCUT2D eigenvalue weighted by Crippen LogP contribution is 2.36. The van der Waals surface area contributed by atoms with Crippen LogP contribution in [0.1, 0.15) is 5.56 Å². The molecule has 68 valence electrons. The van der Waals surface area contributed by atoms with Crippen LogP contribution in [0.15, 0.2) is 12.1 Å². The predicted molar refractivity (Wildman–Crippen MR) is 47.3 cm³/mol. The second-order valence-electron chi connectivity index (χ2n) is 2.67. The van der Waals surface area contributed by atoms with Crippen molar-refractivity contribution >= 4 is 17.9 Å². The molecule has 2 rings (SSSR count). The number of halogens is 1. The Hall–Kier alpha value is -1.22. The van der Waals surface area contributed by atoms with E-state index in [-0.39, 0.29) is 6.79 Å². The minimum Gasteiger partial charge on any atom is -0.454 e. The van der Waals surface area contributed by atoms with Crippen LogP contribution in [-0.2, 0) is 11.2 Å². The third-order valence-electron chi connectivity index (χ3n) is 1.84. The van der Waals surface area contributed by atoms with Gasteiger partial charge in [0.05, 0.1) is 0 Å². The lowest BCUT2D eigenvalue weighted by molar-refractivity contribution is -0.107. The van der Waals surface area contributed by atoms with E-state index in [1.165, 1.54) is 0 Å². The maximum absolute atomic E-state index is 10.3. The van der Waals surface area contributed by atoms with Gasteiger partial charge in [0.25, 0.3) is 0 Å². The molecule has 1 aromatic carbocycles. The van der Waals surface area contributed by atoms with Crippen molar-refractivity contribution in [1.29, 1.82) is 0 Å². The van der Waals surface area contributed by atoms with Crippen LogP contribution < -0.4 is 9.47 Å². The molecule has 0 bridgehead atoms. The molecule has 0 spiro atoms. The van der Waals surface area contributed by atoms with Crippen LogP contribution in [0.25, 0.3) is 0 Å². The van der Waals surface area contributed by atoms with Gasteiger partial charge in [-0.25, -0.2) is 0 Å². The molecule has 0 unspecified atom stereocenters. The average molecular weight is 199 g/mol. The molecule has 1 aliphatic heterocycles. The molecular weight excluding hydrogens is 192 g/mol. The molecule has 0 saturated heterocycles. The summed E-state index contributed by atoms with van der Waals surface area (Å²) in [7, 11) is 0. The van der Waals surface area contributed by atoms with Gasteiger partial charge in [-0.15, -0.1) is 0 Å². The molecule has 1 aliphatic rings. The summed E-state index contributed by atoms with van der Waals surface area (Å²) < 4.78 is 10.3. The number of fused-ring (bicyclic) bond motifs is 1. The van der Waals surface area contributed by atoms with Crippen molar-refractivity contribution in [2.75, 3.05) is 6.79 Å². The van der Waals surface area contributed by atoms with Gasteiger partial charge < -0.3 is 14.3 Å². The molecule has 0 aromatic heterocycles. The quantitative estimate of drug-likeness (QED) is 0.680. The van der Waals surface area contributed by atoms with E-state index in [1.54, 1.807) is 12.1 Å². The smallest absolute Gasteiger partial charge is 0.231 e. The van der Waals surface area contributed by atoms with Crippen LogP contribution in [0, 0.1) is 0 Å². The van der Waals surface area contributed by atoms with Gasteiger partial charge in [-0.05, 0) is 11.6 Å². The lowest BCUT2D eigenvalue weighted by Gasteiger charge is -2.01. The number of hydrogen-bond acceptors (Lipinski definition) is 3. The van der Waals surface area contributed by atoms with E-state index in [0.717, 1.165) is 11.8 Å². The summed E-state index contributed by atoms with van der Waals surface area (Å²) in [5.74, 6) is 1.29. The average Bonchev–Trinajstić information content (AvgIpc) is 2.52. The minimum atomic E-state index is 0.218. The Kier molecular flexibility index (Phi) is 2.10. The lowest BCUT2D eigenvalue weighted by Crippen LogP contribution is -1.93. The van der Waals surface area contributed by atoms with E-state index >= 15 is 0 Å². The molecule has 4 heteroatoms. The Bertz CT molecular complexity index is 349. The first kappa shape index (κ1) is 8.38. The Labute approximate surface area is 80.2 Å². The standard InChI is InChI=1S/C9H7ClO3/c10-7-4-9-8(12-5-13-9)3-6(7)1-2-11/h2-4H,1,5H2. The molecule has 0 aliphatic carbocycles. The van der Waals surface area contributed by atoms with Gasteiger partial charge in [0.1, 0.15) is 6.29 Å². The Morgan fingerprint density at radius 3 is 2.77 bits per heavy atom. The third-order valence-corrected chi connectivity index (χ3v) is 2.20. The first-order valence-corrected chi connectivity index (χ1v) is 4.20. The summed E-state index contributed by atoms with van der Waals surface area (Å²) in [4.78, 5) is 10.3. The van der Waals surface area contributed by atoms with Crippen LogP contribution >= 0.6 is 11.6 Å². The zero-order valence-electron chi connectivity index (χ0n) is 6.75. The number of carbonyl (C=O) groups excluding carboxylic acids is 1. The zero-order chi connectivity index (χ0) is 9.26. The summed E-state index contributed by atoms with van der Waals surface area (Å²) in [6.45, 7) is 0.218. The molecule has 13 heavy (non-hydrogen) atoms. The van der Waals surface area contributed by atoms with E-state index in [2.05, 4.69) is 0 Å². The van der Waals surface area contributed by atoms with Crippen molar-refractivity contribution in [3.8, 4) is 11.5 Å². The van der Waals surface area contributed by atoms with Crippen molar-refractivity contribution in [3.05, 3.63) is 22.7 Å². The summed E-state index contributed by atoms with van der Waals surface area (Å²) >= 11 is 5.89. The van der Waals surface area contributed by atoms with Crippen molar-refractivity contribution in [1.82, 2.24) is 0 Å². The first-order valence-electron chi connectivity index (χ1n) is 3.83. The van der Waals surface area contributed by atoms with Crippen molar-refractivity contribution in [2.24, 2.45) is 0 Å². The number of hydrogen-bond donors (Lipinski definition) is 0. The fraction of sp³-hybridized carbons (Fsp3) is 0.222. The van der Waals surface area contributed by atoms with Gasteiger partial charge in [-0.2, -0.15) is 0 Å². The topological polar surface area (TPSA) is 35.5 Å². The van der Waals surface area contributed by atoms with E-state index < -0.39 is 0 Å². The highest BCUT2D eigenvalue weighted by molar-refractivity contribution is 6.31. The van der Waals surface area contributed by atoms with E-state index in [9.17, 15) is 4.79 Å². The second kappa shape index (κ2) is 3.26. The van der Waals surface area contributed by atoms with E-state index in [1.807, 2.05) is 0 Å². The van der Waals surface area contributed by atoms with Crippen molar-refractivity contribution in [3.63, 3.8) is 0 Å². The fourth-order valence-corrected chi connectivity index (χ4v) is 1.44. The molecule has 0 N–H and O–H groups in total. The maximum Gasteiger partial charge on any atom is 0.231 e. The monoisotopic (exact) mass is 198 g/mol. The largest absolute Gasteiger partial charge is 0.454 e. The Balaban J connectivity index is 2.42. The molecule has 0 amide bonds. The highest BCUT2D eigenvalue weighted by atomic mass is 35.5. The van der Waals surface area contributed by atoms with Gasteiger partial charge in [-0.3, -0.25) is 0 Å². The van der Waals surface area contributed by atoms with E-state index in [0.29, 0.717) is 22.9 Å². The summed E-state index contributed by atoms with van der Waals surface area (Å²) in [5.41, 5.74) is 0.765. The fourth-order valence-electron chi connectivity index (χ4n) is 1.21. The number of carbonyl (C=O) groups is 1. The Morgan fingerprint density at radius 1 is 1.38 bits per heavy atom. The third kappa shape index (κ3) is 1.47. The Morgan fingerprint density at radius 2 is 2.08 bits per heavy atom. The van der Waals surface area contributed by atoms with E-state index in [4.69, 9.17) is 21.1 Å². The number of ether oxygens (including phenoxy) is 2. The van der Waals surface area contributed by atoms with Crippen LogP contribution in [0.4, 0.5) is 0 Å². The lowest BCUT2D eigenvalue weighted by atomic mass is 10.1. The highest BCUT2D eigenvalue weighted by Gasteiger charge is 2.15. The first-order chi connectivity index (χ1) is 6.31. The molecule has 0 radical (unpaired) electrons. The second-order valence-corrected chi connectivity index (χ2v) is 3.07. The summed E-state index contributed by atoms with van der Waals surface area (Å²) in [5, 5.41) is 0.538. The number of benzene rings is 1. The molecule has 0 saturated carbocycles. The molecule has 0 fully saturated rings. The zero-order valence-corrected chi connectivity index (χ0v) is 7.50. The number of rotatable bonds is 2. The maximum atomic E-state index is 10.3. The summed E-state index contributed by atoms with van der Waals surface area (Å²) in [6, 6.07) is 3.40. The minimum absolute atomic E-state index is 0.218. The van der Waals surface area contributed by atoms with Crippen LogP contribution in [0.3, 0.4) is 0 Å². The molecular formula is C9H7ClO3. The molecule has 3 nitrogen and oxygen atoms in total. The molecule has 1 heterocycles. The van der Waals surface area contributed by atoms with Crippen molar-refractivity contribution < 1.29 is 14.3 Å². The van der Waals surface area contributed by atoms with Gasteiger partial charge in [0.15, 0.2) is 11.5 Å². The molecule has 1 aromatic rings. The SMILES string of the molecule is O=CCc1cc2c(cc1Cl)OCO2. The van der Waals surface area contributed by atoms with Gasteiger partial charge in [-0.1, -0.05) is 11.6 Å². The van der Waals surface area contributed by atoms with Gasteiger partial charge >= 0.3 is 0 Å². The normalized spacial score (nSPS) is 13.0. The number of aldehydes is 1. The van der Waals surface area contributed by atoms with Crippen LogP contribution in [0.2, 0.25) is 5.02 Å². The van der Waals surface area contributed by atoms with Crippen LogP contribution in [-0.4, -0.2) is 13.1 Å². The van der Waals surface area contributed by atoms with Crippen molar-refractivity contribution in [2.45, 2.75) is 6.42 Å². The van der Waals surface area contributed by atoms with Crippen LogP contribution in [0.5, 0.6) is 11.5 Å². The van der Waals surface area contributed by atoms with Gasteiger partial charge in [0, 0.05) is 17.5 Å².